The first-order chi connectivity index (χ1) is 16.0. The van der Waals surface area contributed by atoms with Crippen molar-refractivity contribution in [1.29, 1.82) is 0 Å². The minimum absolute atomic E-state index is 0.0757. The second kappa shape index (κ2) is 7.44. The van der Waals surface area contributed by atoms with E-state index in [1.54, 1.807) is 6.07 Å². The predicted molar refractivity (Wildman–Crippen MR) is 109 cm³/mol. The number of rotatable bonds is 4. The Morgan fingerprint density at radius 3 is 2.75 bits per heavy atom. The van der Waals surface area contributed by atoms with Crippen molar-refractivity contribution in [1.82, 2.24) is 19.3 Å². The monoisotopic (exact) mass is 412 g/mol. The number of aromatic nitrogens is 3. The molecule has 2 aliphatic rings. The van der Waals surface area contributed by atoms with Gasteiger partial charge in [0.2, 0.25) is 21.5 Å². The molecule has 2 aromatic heterocycles. The zero-order chi connectivity index (χ0) is 26.0. The fraction of sp³-hybridized carbons (Fsp3) is 0.632. The Labute approximate surface area is 174 Å². The van der Waals surface area contributed by atoms with Crippen molar-refractivity contribution in [2.75, 3.05) is 24.6 Å². The minimum atomic E-state index is -4.94. The minimum Gasteiger partial charge on any atom is -0.351 e. The topological polar surface area (TPSA) is 108 Å². The molecular formula is C19H27N5O3S. The molecule has 1 saturated carbocycles. The molecule has 2 aromatic rings. The Balaban J connectivity index is 1.74. The lowest BCUT2D eigenvalue weighted by atomic mass is 9.92. The van der Waals surface area contributed by atoms with Crippen molar-refractivity contribution in [2.45, 2.75) is 50.9 Å². The van der Waals surface area contributed by atoms with Gasteiger partial charge in [-0.2, -0.15) is 4.98 Å². The quantitative estimate of drug-likeness (QED) is 0.796. The summed E-state index contributed by atoms with van der Waals surface area (Å²) in [6.45, 7) is 0.381. The molecule has 1 saturated heterocycles. The molecule has 1 aliphatic heterocycles. The molecule has 8 nitrogen and oxygen atoms in total. The zero-order valence-corrected chi connectivity index (χ0v) is 16.2. The summed E-state index contributed by atoms with van der Waals surface area (Å²) in [5, 5.41) is 3.36. The first kappa shape index (κ1) is 12.5. The number of hydrogen-bond donors (Lipinski definition) is 2. The van der Waals surface area contributed by atoms with Gasteiger partial charge in [0.1, 0.15) is 5.65 Å². The van der Waals surface area contributed by atoms with Crippen molar-refractivity contribution in [3.63, 3.8) is 0 Å². The van der Waals surface area contributed by atoms with Crippen LogP contribution in [0.5, 0.6) is 0 Å². The summed E-state index contributed by atoms with van der Waals surface area (Å²) in [5.74, 6) is 0.296. The normalized spacial score (nSPS) is 32.4. The van der Waals surface area contributed by atoms with Crippen LogP contribution in [0.1, 0.15) is 60.1 Å². The highest BCUT2D eigenvalue weighted by Crippen LogP contribution is 2.40. The third-order valence-electron chi connectivity index (χ3n) is 5.39. The number of aromatic amines is 1. The highest BCUT2D eigenvalue weighted by Gasteiger charge is 2.29. The Bertz CT molecular complexity index is 1280. The lowest BCUT2D eigenvalue weighted by Gasteiger charge is -2.30. The number of fused-ring (bicyclic) bond motifs is 1. The van der Waals surface area contributed by atoms with Gasteiger partial charge in [0.25, 0.3) is 0 Å². The maximum Gasteiger partial charge on any atom is 0.249 e. The molecule has 2 N–H and O–H groups in total. The molecule has 0 bridgehead atoms. The molecule has 0 radical (unpaired) electrons. The van der Waals surface area contributed by atoms with E-state index in [9.17, 15) is 13.2 Å². The maximum absolute atomic E-state index is 12.4. The van der Waals surface area contributed by atoms with Crippen LogP contribution in [0.3, 0.4) is 0 Å². The van der Waals surface area contributed by atoms with Crippen LogP contribution < -0.4 is 10.9 Å². The lowest BCUT2D eigenvalue weighted by molar-refractivity contribution is 0.331. The summed E-state index contributed by atoms with van der Waals surface area (Å²) in [7, 11) is -4.94. The number of sulfonamides is 1. The van der Waals surface area contributed by atoms with Crippen LogP contribution in [0.15, 0.2) is 16.9 Å². The second-order valence-corrected chi connectivity index (χ2v) is 8.76. The third kappa shape index (κ3) is 3.91. The molecule has 0 aromatic carbocycles. The summed E-state index contributed by atoms with van der Waals surface area (Å²) >= 11 is 0. The van der Waals surface area contributed by atoms with E-state index in [4.69, 9.17) is 9.60 Å². The Morgan fingerprint density at radius 1 is 1.29 bits per heavy atom. The lowest BCUT2D eigenvalue weighted by Crippen LogP contribution is -2.42. The summed E-state index contributed by atoms with van der Waals surface area (Å²) in [6.07, 6.45) is -5.58. The van der Waals surface area contributed by atoms with E-state index in [2.05, 4.69) is 27.2 Å². The predicted octanol–water partition coefficient (Wildman–Crippen LogP) is 2.06. The highest BCUT2D eigenvalue weighted by molar-refractivity contribution is 7.88. The van der Waals surface area contributed by atoms with Crippen LogP contribution >= 0.6 is 0 Å². The highest BCUT2D eigenvalue weighted by atomic mass is 32.2. The van der Waals surface area contributed by atoms with Crippen LogP contribution in [0, 0.1) is 5.92 Å². The van der Waals surface area contributed by atoms with Crippen LogP contribution in [0.2, 0.25) is 0 Å². The van der Waals surface area contributed by atoms with Crippen molar-refractivity contribution in [3.8, 4) is 0 Å². The van der Waals surface area contributed by atoms with Crippen molar-refractivity contribution in [3.05, 3.63) is 28.2 Å². The van der Waals surface area contributed by atoms with Gasteiger partial charge in [-0.1, -0.05) is 19.8 Å². The largest absolute Gasteiger partial charge is 0.351 e. The van der Waals surface area contributed by atoms with Crippen molar-refractivity contribution in [2.24, 2.45) is 5.92 Å². The van der Waals surface area contributed by atoms with Gasteiger partial charge >= 0.3 is 0 Å². The molecule has 2 fully saturated rings. The van der Waals surface area contributed by atoms with Gasteiger partial charge in [-0.25, -0.2) is 17.7 Å². The van der Waals surface area contributed by atoms with E-state index < -0.39 is 48.1 Å². The smallest absolute Gasteiger partial charge is 0.249 e. The Morgan fingerprint density at radius 2 is 2.07 bits per heavy atom. The summed E-state index contributed by atoms with van der Waals surface area (Å²) in [5.41, 5.74) is 0.510. The van der Waals surface area contributed by atoms with Gasteiger partial charge in [0, 0.05) is 46.1 Å². The van der Waals surface area contributed by atoms with Crippen LogP contribution in [-0.2, 0) is 10.0 Å². The van der Waals surface area contributed by atoms with Gasteiger partial charge in [-0.3, -0.25) is 4.79 Å². The van der Waals surface area contributed by atoms with Gasteiger partial charge < -0.3 is 10.3 Å². The molecule has 0 unspecified atom stereocenters. The van der Waals surface area contributed by atoms with E-state index >= 15 is 0 Å². The van der Waals surface area contributed by atoms with Gasteiger partial charge in [-0.05, 0) is 31.2 Å². The van der Waals surface area contributed by atoms with Gasteiger partial charge in [-0.15, -0.1) is 0 Å². The SMILES string of the molecule is [2H]C1([2H])CN(S(=O)(=O)C([2H])([2H])[2H])CC([2H])([2H])C1Nc1nc([C@@H]2CCC[C@@H]2C)c2ccc(=O)[nH]c2n1. The van der Waals surface area contributed by atoms with Gasteiger partial charge in [0.05, 0.1) is 11.9 Å². The molecule has 2 atom stereocenters. The fourth-order valence-electron chi connectivity index (χ4n) is 3.88. The van der Waals surface area contributed by atoms with E-state index in [0.29, 0.717) is 21.3 Å². The molecule has 28 heavy (non-hydrogen) atoms. The average Bonchev–Trinajstić information content (AvgIpc) is 3.14. The van der Waals surface area contributed by atoms with Crippen LogP contribution in [0.25, 0.3) is 11.0 Å². The second-order valence-electron chi connectivity index (χ2n) is 7.29. The average molecular weight is 413 g/mol. The summed E-state index contributed by atoms with van der Waals surface area (Å²) in [4.78, 5) is 23.5. The number of piperidine rings is 1. The molecule has 0 spiro atoms. The zero-order valence-electron chi connectivity index (χ0n) is 22.4. The molecule has 9 heteroatoms. The van der Waals surface area contributed by atoms with E-state index in [1.807, 2.05) is 0 Å². The van der Waals surface area contributed by atoms with E-state index in [0.717, 1.165) is 19.3 Å². The first-order valence-corrected chi connectivity index (χ1v) is 10.6. The molecule has 152 valence electrons. The van der Waals surface area contributed by atoms with E-state index in [-0.39, 0.29) is 23.1 Å². The fourth-order valence-corrected chi connectivity index (χ4v) is 4.37. The molecule has 1 aliphatic carbocycles. The number of hydrogen-bond acceptors (Lipinski definition) is 6. The molecule has 0 amide bonds. The molecule has 3 heterocycles. The summed E-state index contributed by atoms with van der Waals surface area (Å²) < 4.78 is 80.6. The van der Waals surface area contributed by atoms with Crippen molar-refractivity contribution < 1.29 is 18.0 Å². The van der Waals surface area contributed by atoms with Crippen molar-refractivity contribution >= 4 is 27.0 Å². The summed E-state index contributed by atoms with van der Waals surface area (Å²) in [6, 6.07) is 1.41. The maximum atomic E-state index is 12.4. The number of nitrogens with zero attached hydrogens (tertiary/aromatic N) is 3. The number of anilines is 1. The van der Waals surface area contributed by atoms with Crippen LogP contribution in [-0.4, -0.2) is 53.0 Å². The van der Waals surface area contributed by atoms with E-state index in [1.165, 1.54) is 6.07 Å². The number of pyridine rings is 1. The first-order valence-electron chi connectivity index (χ1n) is 12.7. The van der Waals surface area contributed by atoms with Crippen LogP contribution in [0.4, 0.5) is 5.95 Å². The van der Waals surface area contributed by atoms with Gasteiger partial charge in [0.15, 0.2) is 0 Å². The number of nitrogens with one attached hydrogen (secondary N) is 2. The standard InChI is InChI=1S/C19H27N5O3S/c1-12-4-3-5-14(12)17-15-6-7-16(25)21-18(15)23-19(22-17)20-13-8-10-24(11-9-13)28(2,26)27/h6-7,12-14H,3-5,8-11H2,1-2H3,(H2,20,21,22,23,25)/t12-,14+/m0/s1/i2D3,8D2,9D2. The Hall–Kier alpha value is -2.00. The molecule has 4 rings (SSSR count). The molecular weight excluding hydrogens is 378 g/mol. The Kier molecular flexibility index (Phi) is 3.33. The number of H-pyrrole nitrogens is 1. The third-order valence-corrected chi connectivity index (χ3v) is 6.33.